The molecule has 0 saturated carbocycles. The van der Waals surface area contributed by atoms with E-state index in [1.54, 1.807) is 6.20 Å². The standard InChI is InChI=1S/C10H19N5OS/c1-2-17-5-3-4-12-10(16)8-15-7-9(6-11)13-14-15/h7H,2-6,8,11H2,1H3,(H,12,16). The molecular weight excluding hydrogens is 238 g/mol. The van der Waals surface area contributed by atoms with Gasteiger partial charge in [-0.05, 0) is 17.9 Å². The summed E-state index contributed by atoms with van der Waals surface area (Å²) in [5.74, 6) is 2.16. The van der Waals surface area contributed by atoms with Crippen molar-refractivity contribution in [2.75, 3.05) is 18.1 Å². The lowest BCUT2D eigenvalue weighted by atomic mass is 10.4. The number of amides is 1. The van der Waals surface area contributed by atoms with Crippen molar-refractivity contribution in [2.45, 2.75) is 26.4 Å². The summed E-state index contributed by atoms with van der Waals surface area (Å²) in [6.07, 6.45) is 2.68. The molecule has 0 aliphatic heterocycles. The molecule has 0 saturated heterocycles. The quantitative estimate of drug-likeness (QED) is 0.640. The SMILES string of the molecule is CCSCCCNC(=O)Cn1cc(CN)nn1. The van der Waals surface area contributed by atoms with E-state index in [1.165, 1.54) is 4.68 Å². The van der Waals surface area contributed by atoms with E-state index >= 15 is 0 Å². The summed E-state index contributed by atoms with van der Waals surface area (Å²) in [5, 5.41) is 10.5. The molecule has 0 unspecified atom stereocenters. The maximum absolute atomic E-state index is 11.5. The van der Waals surface area contributed by atoms with Gasteiger partial charge in [0.05, 0.1) is 11.9 Å². The molecule has 1 rings (SSSR count). The van der Waals surface area contributed by atoms with Gasteiger partial charge >= 0.3 is 0 Å². The summed E-state index contributed by atoms with van der Waals surface area (Å²) >= 11 is 1.88. The molecule has 7 heteroatoms. The lowest BCUT2D eigenvalue weighted by Gasteiger charge is -2.04. The van der Waals surface area contributed by atoms with Gasteiger partial charge in [-0.3, -0.25) is 4.79 Å². The Morgan fingerprint density at radius 1 is 1.65 bits per heavy atom. The van der Waals surface area contributed by atoms with Gasteiger partial charge in [0.1, 0.15) is 6.54 Å². The van der Waals surface area contributed by atoms with Crippen LogP contribution in [0.4, 0.5) is 0 Å². The first kappa shape index (κ1) is 14.0. The van der Waals surface area contributed by atoms with Crippen LogP contribution in [0.2, 0.25) is 0 Å². The predicted octanol–water partition coefficient (Wildman–Crippen LogP) is -0.00380. The van der Waals surface area contributed by atoms with E-state index in [4.69, 9.17) is 5.73 Å². The average Bonchev–Trinajstić information content (AvgIpc) is 2.76. The van der Waals surface area contributed by atoms with Crippen LogP contribution in [0.1, 0.15) is 19.0 Å². The largest absolute Gasteiger partial charge is 0.354 e. The Morgan fingerprint density at radius 3 is 3.12 bits per heavy atom. The van der Waals surface area contributed by atoms with Crippen molar-refractivity contribution in [1.29, 1.82) is 0 Å². The van der Waals surface area contributed by atoms with E-state index in [0.29, 0.717) is 18.8 Å². The summed E-state index contributed by atoms with van der Waals surface area (Å²) < 4.78 is 1.50. The first-order valence-electron chi connectivity index (χ1n) is 5.69. The molecule has 0 aliphatic carbocycles. The van der Waals surface area contributed by atoms with Gasteiger partial charge in [-0.15, -0.1) is 5.10 Å². The number of nitrogens with one attached hydrogen (secondary N) is 1. The van der Waals surface area contributed by atoms with Gasteiger partial charge in [0, 0.05) is 13.1 Å². The molecule has 0 spiro atoms. The highest BCUT2D eigenvalue weighted by Gasteiger charge is 2.04. The zero-order chi connectivity index (χ0) is 12.5. The lowest BCUT2D eigenvalue weighted by molar-refractivity contribution is -0.121. The Kier molecular flexibility index (Phi) is 6.64. The molecule has 1 amide bonds. The van der Waals surface area contributed by atoms with Crippen molar-refractivity contribution in [3.8, 4) is 0 Å². The fourth-order valence-corrected chi connectivity index (χ4v) is 1.90. The number of hydrogen-bond acceptors (Lipinski definition) is 5. The second kappa shape index (κ2) is 8.08. The third kappa shape index (κ3) is 5.69. The summed E-state index contributed by atoms with van der Waals surface area (Å²) in [6, 6.07) is 0. The number of nitrogens with two attached hydrogens (primary N) is 1. The number of thioether (sulfide) groups is 1. The van der Waals surface area contributed by atoms with Crippen LogP contribution in [-0.2, 0) is 17.9 Å². The fraction of sp³-hybridized carbons (Fsp3) is 0.700. The van der Waals surface area contributed by atoms with E-state index in [-0.39, 0.29) is 12.5 Å². The van der Waals surface area contributed by atoms with Crippen LogP contribution in [-0.4, -0.2) is 39.0 Å². The molecule has 0 radical (unpaired) electrons. The number of aromatic nitrogens is 3. The molecule has 17 heavy (non-hydrogen) atoms. The minimum atomic E-state index is -0.0417. The summed E-state index contributed by atoms with van der Waals surface area (Å²) in [6.45, 7) is 3.39. The zero-order valence-electron chi connectivity index (χ0n) is 10.1. The Morgan fingerprint density at radius 2 is 2.47 bits per heavy atom. The smallest absolute Gasteiger partial charge is 0.241 e. The van der Waals surface area contributed by atoms with Crippen LogP contribution in [0.3, 0.4) is 0 Å². The van der Waals surface area contributed by atoms with Gasteiger partial charge < -0.3 is 11.1 Å². The molecule has 0 aliphatic rings. The molecule has 96 valence electrons. The third-order valence-corrected chi connectivity index (χ3v) is 3.08. The van der Waals surface area contributed by atoms with E-state index in [2.05, 4.69) is 22.6 Å². The van der Waals surface area contributed by atoms with Gasteiger partial charge in [0.15, 0.2) is 0 Å². The summed E-state index contributed by atoms with van der Waals surface area (Å²) in [5.41, 5.74) is 6.09. The maximum atomic E-state index is 11.5. The van der Waals surface area contributed by atoms with E-state index in [0.717, 1.165) is 17.9 Å². The Labute approximate surface area is 105 Å². The molecule has 1 heterocycles. The van der Waals surface area contributed by atoms with Crippen molar-refractivity contribution < 1.29 is 4.79 Å². The molecule has 6 nitrogen and oxygen atoms in total. The molecule has 0 fully saturated rings. The maximum Gasteiger partial charge on any atom is 0.241 e. The monoisotopic (exact) mass is 257 g/mol. The van der Waals surface area contributed by atoms with Crippen molar-refractivity contribution >= 4 is 17.7 Å². The van der Waals surface area contributed by atoms with Crippen molar-refractivity contribution in [3.63, 3.8) is 0 Å². The second-order valence-electron chi connectivity index (χ2n) is 3.51. The number of rotatable bonds is 8. The first-order chi connectivity index (χ1) is 8.26. The molecule has 0 bridgehead atoms. The summed E-state index contributed by atoms with van der Waals surface area (Å²) in [7, 11) is 0. The second-order valence-corrected chi connectivity index (χ2v) is 4.91. The molecular formula is C10H19N5OS. The molecule has 1 aromatic rings. The van der Waals surface area contributed by atoms with Gasteiger partial charge in [0.25, 0.3) is 0 Å². The van der Waals surface area contributed by atoms with Gasteiger partial charge in [-0.25, -0.2) is 4.68 Å². The van der Waals surface area contributed by atoms with Gasteiger partial charge in [0.2, 0.25) is 5.91 Å². The highest BCUT2D eigenvalue weighted by molar-refractivity contribution is 7.99. The van der Waals surface area contributed by atoms with Crippen molar-refractivity contribution in [2.24, 2.45) is 5.73 Å². The van der Waals surface area contributed by atoms with Crippen molar-refractivity contribution in [3.05, 3.63) is 11.9 Å². The van der Waals surface area contributed by atoms with Crippen LogP contribution in [0.25, 0.3) is 0 Å². The number of nitrogens with zero attached hydrogens (tertiary/aromatic N) is 3. The zero-order valence-corrected chi connectivity index (χ0v) is 10.9. The number of carbonyl (C=O) groups is 1. The minimum Gasteiger partial charge on any atom is -0.354 e. The number of carbonyl (C=O) groups excluding carboxylic acids is 1. The van der Waals surface area contributed by atoms with E-state index < -0.39 is 0 Å². The molecule has 3 N–H and O–H groups in total. The van der Waals surface area contributed by atoms with E-state index in [9.17, 15) is 4.79 Å². The van der Waals surface area contributed by atoms with Crippen LogP contribution >= 0.6 is 11.8 Å². The summed E-state index contributed by atoms with van der Waals surface area (Å²) in [4.78, 5) is 11.5. The third-order valence-electron chi connectivity index (χ3n) is 2.09. The number of hydrogen-bond donors (Lipinski definition) is 2. The van der Waals surface area contributed by atoms with Crippen LogP contribution in [0.15, 0.2) is 6.20 Å². The van der Waals surface area contributed by atoms with Gasteiger partial charge in [-0.1, -0.05) is 12.1 Å². The van der Waals surface area contributed by atoms with Crippen LogP contribution < -0.4 is 11.1 Å². The first-order valence-corrected chi connectivity index (χ1v) is 6.85. The highest BCUT2D eigenvalue weighted by Crippen LogP contribution is 1.99. The topological polar surface area (TPSA) is 85.8 Å². The van der Waals surface area contributed by atoms with Gasteiger partial charge in [-0.2, -0.15) is 11.8 Å². The van der Waals surface area contributed by atoms with E-state index in [1.807, 2.05) is 11.8 Å². The molecule has 0 aromatic carbocycles. The predicted molar refractivity (Wildman–Crippen MR) is 68.5 cm³/mol. The van der Waals surface area contributed by atoms with Crippen molar-refractivity contribution in [1.82, 2.24) is 20.3 Å². The average molecular weight is 257 g/mol. The van der Waals surface area contributed by atoms with Crippen LogP contribution in [0, 0.1) is 0 Å². The van der Waals surface area contributed by atoms with Crippen LogP contribution in [0.5, 0.6) is 0 Å². The Hall–Kier alpha value is -1.08. The lowest BCUT2D eigenvalue weighted by Crippen LogP contribution is -2.28. The fourth-order valence-electron chi connectivity index (χ4n) is 1.26. The molecule has 0 atom stereocenters. The Balaban J connectivity index is 2.16. The highest BCUT2D eigenvalue weighted by atomic mass is 32.2. The normalized spacial score (nSPS) is 10.5. The Bertz CT molecular complexity index is 341. The molecule has 1 aromatic heterocycles. The minimum absolute atomic E-state index is 0.0417.